The van der Waals surface area contributed by atoms with E-state index in [-0.39, 0.29) is 34.6 Å². The summed E-state index contributed by atoms with van der Waals surface area (Å²) >= 11 is 12.0. The molecule has 0 unspecified atom stereocenters. The van der Waals surface area contributed by atoms with E-state index < -0.39 is 10.0 Å². The maximum atomic E-state index is 12.0. The Balaban J connectivity index is 2.84. The van der Waals surface area contributed by atoms with Crippen LogP contribution in [0.1, 0.15) is 26.2 Å². The molecule has 1 amide bonds. The molecule has 1 aromatic carbocycles. The first kappa shape index (κ1) is 19.1. The topological polar surface area (TPSA) is 66.5 Å². The van der Waals surface area contributed by atoms with Gasteiger partial charge >= 0.3 is 0 Å². The number of halogens is 2. The Bertz CT molecular complexity index is 621. The summed E-state index contributed by atoms with van der Waals surface area (Å²) in [6, 6.07) is 4.75. The fourth-order valence-electron chi connectivity index (χ4n) is 1.85. The zero-order valence-corrected chi connectivity index (χ0v) is 14.9. The lowest BCUT2D eigenvalue weighted by atomic mass is 10.3. The van der Waals surface area contributed by atoms with Crippen LogP contribution in [-0.4, -0.2) is 33.7 Å². The van der Waals surface area contributed by atoms with Crippen molar-refractivity contribution in [2.75, 3.05) is 23.7 Å². The molecule has 8 heteroatoms. The van der Waals surface area contributed by atoms with Gasteiger partial charge < -0.3 is 5.32 Å². The average Bonchev–Trinajstić information content (AvgIpc) is 2.42. The van der Waals surface area contributed by atoms with Gasteiger partial charge in [0.25, 0.3) is 0 Å². The molecule has 0 spiro atoms. The molecule has 0 aliphatic heterocycles. The van der Waals surface area contributed by atoms with Gasteiger partial charge in [0.05, 0.1) is 22.0 Å². The molecule has 0 saturated heterocycles. The molecule has 5 nitrogen and oxygen atoms in total. The first-order chi connectivity index (χ1) is 10.3. The second-order valence-electron chi connectivity index (χ2n) is 4.86. The van der Waals surface area contributed by atoms with E-state index in [1.807, 2.05) is 6.92 Å². The van der Waals surface area contributed by atoms with Gasteiger partial charge in [0.1, 0.15) is 0 Å². The van der Waals surface area contributed by atoms with Gasteiger partial charge in [-0.3, -0.25) is 9.10 Å². The summed E-state index contributed by atoms with van der Waals surface area (Å²) in [5.74, 6) is -0.194. The number of hydrogen-bond donors (Lipinski definition) is 1. The van der Waals surface area contributed by atoms with Crippen molar-refractivity contribution in [2.24, 2.45) is 0 Å². The summed E-state index contributed by atoms with van der Waals surface area (Å²) in [5, 5.41) is 3.17. The molecular formula is C14H20Cl2N2O3S. The molecular weight excluding hydrogens is 347 g/mol. The van der Waals surface area contributed by atoms with Gasteiger partial charge in [0.2, 0.25) is 15.9 Å². The number of nitrogens with one attached hydrogen (secondary N) is 1. The molecule has 0 aliphatic carbocycles. The average molecular weight is 367 g/mol. The first-order valence-corrected chi connectivity index (χ1v) is 9.56. The van der Waals surface area contributed by atoms with Gasteiger partial charge in [-0.1, -0.05) is 42.6 Å². The highest BCUT2D eigenvalue weighted by Crippen LogP contribution is 2.33. The minimum absolute atomic E-state index is 0.0108. The van der Waals surface area contributed by atoms with E-state index in [4.69, 9.17) is 23.2 Å². The van der Waals surface area contributed by atoms with Gasteiger partial charge in [-0.15, -0.1) is 0 Å². The normalized spacial score (nSPS) is 11.3. The summed E-state index contributed by atoms with van der Waals surface area (Å²) in [5.41, 5.74) is 0.276. The number of anilines is 1. The summed E-state index contributed by atoms with van der Waals surface area (Å²) in [6.45, 7) is 2.63. The van der Waals surface area contributed by atoms with E-state index in [0.717, 1.165) is 23.4 Å². The van der Waals surface area contributed by atoms with Gasteiger partial charge in [-0.25, -0.2) is 8.42 Å². The molecule has 0 heterocycles. The Morgan fingerprint density at radius 3 is 2.59 bits per heavy atom. The smallest absolute Gasteiger partial charge is 0.232 e. The van der Waals surface area contributed by atoms with Crippen LogP contribution in [0.5, 0.6) is 0 Å². The fraction of sp³-hybridized carbons (Fsp3) is 0.500. The third kappa shape index (κ3) is 5.66. The molecule has 0 radical (unpaired) electrons. The second-order valence-corrected chi connectivity index (χ2v) is 7.55. The largest absolute Gasteiger partial charge is 0.356 e. The number of unbranched alkanes of at least 4 members (excludes halogenated alkanes) is 1. The lowest BCUT2D eigenvalue weighted by Gasteiger charge is -2.23. The minimum Gasteiger partial charge on any atom is -0.356 e. The number of sulfonamides is 1. The molecule has 0 saturated carbocycles. The monoisotopic (exact) mass is 366 g/mol. The van der Waals surface area contributed by atoms with Crippen LogP contribution < -0.4 is 9.62 Å². The SMILES string of the molecule is CCCCNC(=O)CCN(c1cccc(Cl)c1Cl)S(C)(=O)=O. The van der Waals surface area contributed by atoms with Crippen LogP contribution in [0.3, 0.4) is 0 Å². The second kappa shape index (κ2) is 8.60. The lowest BCUT2D eigenvalue weighted by molar-refractivity contribution is -0.120. The molecule has 1 aromatic rings. The highest BCUT2D eigenvalue weighted by Gasteiger charge is 2.21. The lowest BCUT2D eigenvalue weighted by Crippen LogP contribution is -2.35. The predicted octanol–water partition coefficient (Wildman–Crippen LogP) is 3.07. The van der Waals surface area contributed by atoms with Crippen molar-refractivity contribution in [3.8, 4) is 0 Å². The van der Waals surface area contributed by atoms with Crippen LogP contribution in [0.15, 0.2) is 18.2 Å². The third-order valence-corrected chi connectivity index (χ3v) is 4.98. The van der Waals surface area contributed by atoms with Crippen molar-refractivity contribution in [1.82, 2.24) is 5.32 Å². The summed E-state index contributed by atoms with van der Waals surface area (Å²) < 4.78 is 25.0. The number of amides is 1. The van der Waals surface area contributed by atoms with Crippen molar-refractivity contribution in [3.63, 3.8) is 0 Å². The summed E-state index contributed by atoms with van der Waals surface area (Å²) in [6.07, 6.45) is 2.99. The Morgan fingerprint density at radius 1 is 1.32 bits per heavy atom. The van der Waals surface area contributed by atoms with Crippen LogP contribution in [0.2, 0.25) is 10.0 Å². The van der Waals surface area contributed by atoms with Crippen LogP contribution in [0.4, 0.5) is 5.69 Å². The molecule has 0 fully saturated rings. The Labute approximate surface area is 141 Å². The van der Waals surface area contributed by atoms with E-state index in [0.29, 0.717) is 6.54 Å². The number of carbonyl (C=O) groups is 1. The van der Waals surface area contributed by atoms with E-state index >= 15 is 0 Å². The standard InChI is InChI=1S/C14H20Cl2N2O3S/c1-3-4-9-17-13(19)8-10-18(22(2,20)21)12-7-5-6-11(15)14(12)16/h5-7H,3-4,8-10H2,1-2H3,(H,17,19). The molecule has 0 bridgehead atoms. The molecule has 22 heavy (non-hydrogen) atoms. The highest BCUT2D eigenvalue weighted by molar-refractivity contribution is 7.92. The number of carbonyl (C=O) groups excluding carboxylic acids is 1. The quantitative estimate of drug-likeness (QED) is 0.718. The Morgan fingerprint density at radius 2 is 2.00 bits per heavy atom. The van der Waals surface area contributed by atoms with Crippen molar-refractivity contribution in [1.29, 1.82) is 0 Å². The third-order valence-electron chi connectivity index (χ3n) is 2.99. The molecule has 1 N–H and O–H groups in total. The van der Waals surface area contributed by atoms with Crippen LogP contribution in [0, 0.1) is 0 Å². The first-order valence-electron chi connectivity index (χ1n) is 6.95. The predicted molar refractivity (Wildman–Crippen MR) is 91.2 cm³/mol. The van der Waals surface area contributed by atoms with E-state index in [1.165, 1.54) is 0 Å². The molecule has 0 aliphatic rings. The number of hydrogen-bond acceptors (Lipinski definition) is 3. The number of rotatable bonds is 8. The van der Waals surface area contributed by atoms with Gasteiger partial charge in [0.15, 0.2) is 0 Å². The fourth-order valence-corrected chi connectivity index (χ4v) is 3.23. The van der Waals surface area contributed by atoms with E-state index in [1.54, 1.807) is 18.2 Å². The highest BCUT2D eigenvalue weighted by atomic mass is 35.5. The zero-order valence-electron chi connectivity index (χ0n) is 12.6. The van der Waals surface area contributed by atoms with Crippen molar-refractivity contribution < 1.29 is 13.2 Å². The van der Waals surface area contributed by atoms with Crippen LogP contribution in [0.25, 0.3) is 0 Å². The van der Waals surface area contributed by atoms with E-state index in [2.05, 4.69) is 5.32 Å². The molecule has 0 atom stereocenters. The maximum Gasteiger partial charge on any atom is 0.232 e. The number of nitrogens with zero attached hydrogens (tertiary/aromatic N) is 1. The zero-order chi connectivity index (χ0) is 16.8. The van der Waals surface area contributed by atoms with Crippen LogP contribution in [-0.2, 0) is 14.8 Å². The molecule has 124 valence electrons. The van der Waals surface area contributed by atoms with Gasteiger partial charge in [-0.05, 0) is 18.6 Å². The maximum absolute atomic E-state index is 12.0. The van der Waals surface area contributed by atoms with Crippen LogP contribution >= 0.6 is 23.2 Å². The van der Waals surface area contributed by atoms with E-state index in [9.17, 15) is 13.2 Å². The molecule has 1 rings (SSSR count). The van der Waals surface area contributed by atoms with Crippen molar-refractivity contribution in [3.05, 3.63) is 28.2 Å². The Hall–Kier alpha value is -0.980. The van der Waals surface area contributed by atoms with Gasteiger partial charge in [0, 0.05) is 19.5 Å². The number of benzene rings is 1. The molecule has 0 aromatic heterocycles. The summed E-state index contributed by atoms with van der Waals surface area (Å²) in [7, 11) is -3.57. The minimum atomic E-state index is -3.57. The Kier molecular flexibility index (Phi) is 7.45. The van der Waals surface area contributed by atoms with Crippen molar-refractivity contribution >= 4 is 44.8 Å². The van der Waals surface area contributed by atoms with Gasteiger partial charge in [-0.2, -0.15) is 0 Å². The summed E-state index contributed by atoms with van der Waals surface area (Å²) in [4.78, 5) is 11.7. The van der Waals surface area contributed by atoms with Crippen molar-refractivity contribution in [2.45, 2.75) is 26.2 Å².